The van der Waals surface area contributed by atoms with Crippen LogP contribution < -0.4 is 4.74 Å². The minimum atomic E-state index is -0.0491. The molecule has 0 spiro atoms. The highest BCUT2D eigenvalue weighted by Gasteiger charge is 2.40. The molecular weight excluding hydrogens is 356 g/mol. The molecule has 1 aliphatic rings. The van der Waals surface area contributed by atoms with Crippen LogP contribution in [0.5, 0.6) is 5.88 Å². The molecule has 3 heterocycles. The zero-order valence-corrected chi connectivity index (χ0v) is 17.1. The van der Waals surface area contributed by atoms with Gasteiger partial charge in [-0.15, -0.1) is 11.3 Å². The highest BCUT2D eigenvalue weighted by Crippen LogP contribution is 2.36. The van der Waals surface area contributed by atoms with Crippen LogP contribution in [0.3, 0.4) is 0 Å². The molecule has 1 aliphatic heterocycles. The van der Waals surface area contributed by atoms with Crippen molar-refractivity contribution >= 4 is 21.4 Å². The second-order valence-corrected chi connectivity index (χ2v) is 9.33. The van der Waals surface area contributed by atoms with Gasteiger partial charge in [-0.25, -0.2) is 4.98 Å². The smallest absolute Gasteiger partial charge is 0.222 e. The molecule has 3 aromatic rings. The third-order valence-corrected chi connectivity index (χ3v) is 5.90. The summed E-state index contributed by atoms with van der Waals surface area (Å²) in [6.07, 6.45) is 1.77. The summed E-state index contributed by atoms with van der Waals surface area (Å²) in [6.45, 7) is 10.1. The molecule has 0 amide bonds. The monoisotopic (exact) mass is 382 g/mol. The summed E-state index contributed by atoms with van der Waals surface area (Å²) in [5, 5.41) is 1.09. The third kappa shape index (κ3) is 3.86. The van der Waals surface area contributed by atoms with Crippen LogP contribution in [0.1, 0.15) is 37.4 Å². The lowest BCUT2D eigenvalue weighted by Gasteiger charge is -2.35. The van der Waals surface area contributed by atoms with Gasteiger partial charge in [0.05, 0.1) is 5.39 Å². The summed E-state index contributed by atoms with van der Waals surface area (Å²) in [5.74, 6) is 0.700. The largest absolute Gasteiger partial charge is 0.474 e. The molecular formula is C22H26N2O2S. The molecule has 0 saturated carbocycles. The molecule has 2 aromatic heterocycles. The van der Waals surface area contributed by atoms with E-state index in [0.717, 1.165) is 11.9 Å². The second kappa shape index (κ2) is 7.23. The lowest BCUT2D eigenvalue weighted by Crippen LogP contribution is -2.42. The van der Waals surface area contributed by atoms with E-state index in [4.69, 9.17) is 9.47 Å². The summed E-state index contributed by atoms with van der Waals surface area (Å²) >= 11 is 1.77. The number of ether oxygens (including phenoxy) is 2. The average Bonchev–Trinajstić information content (AvgIpc) is 3.23. The van der Waals surface area contributed by atoms with Crippen molar-refractivity contribution in [2.45, 2.75) is 45.6 Å². The molecule has 5 heteroatoms. The minimum Gasteiger partial charge on any atom is -0.474 e. The number of benzene rings is 1. The number of hydrogen-bond acceptors (Lipinski definition) is 5. The summed E-state index contributed by atoms with van der Waals surface area (Å²) in [5.41, 5.74) is 1.20. The third-order valence-electron chi connectivity index (χ3n) is 4.89. The van der Waals surface area contributed by atoms with Crippen LogP contribution in [0.2, 0.25) is 0 Å². The number of rotatable bonds is 4. The van der Waals surface area contributed by atoms with E-state index in [1.165, 1.54) is 15.1 Å². The Morgan fingerprint density at radius 3 is 2.74 bits per heavy atom. The molecule has 0 N–H and O–H groups in total. The Hall–Kier alpha value is -1.95. The lowest BCUT2D eigenvalue weighted by molar-refractivity contribution is -0.0400. The first kappa shape index (κ1) is 18.4. The van der Waals surface area contributed by atoms with Crippen molar-refractivity contribution in [3.05, 3.63) is 59.1 Å². The Balaban J connectivity index is 1.51. The highest BCUT2D eigenvalue weighted by molar-refractivity contribution is 7.19. The van der Waals surface area contributed by atoms with Gasteiger partial charge in [-0.1, -0.05) is 30.3 Å². The lowest BCUT2D eigenvalue weighted by atomic mass is 10.0. The molecule has 0 radical (unpaired) electrons. The molecule has 1 unspecified atom stereocenters. The molecule has 4 nitrogen and oxygen atoms in total. The fourth-order valence-corrected chi connectivity index (χ4v) is 4.47. The molecule has 2 atom stereocenters. The Morgan fingerprint density at radius 2 is 2.00 bits per heavy atom. The van der Waals surface area contributed by atoms with Gasteiger partial charge in [-0.2, -0.15) is 0 Å². The van der Waals surface area contributed by atoms with Crippen LogP contribution in [0.4, 0.5) is 0 Å². The van der Waals surface area contributed by atoms with Gasteiger partial charge in [-0.3, -0.25) is 4.90 Å². The number of nitrogens with zero attached hydrogens (tertiary/aromatic N) is 2. The summed E-state index contributed by atoms with van der Waals surface area (Å²) in [6, 6.07) is 14.6. The number of pyridine rings is 1. The number of thiophene rings is 1. The van der Waals surface area contributed by atoms with Gasteiger partial charge in [0.15, 0.2) is 0 Å². The van der Waals surface area contributed by atoms with Crippen molar-refractivity contribution in [1.82, 2.24) is 9.88 Å². The number of fused-ring (bicyclic) bond motifs is 1. The van der Waals surface area contributed by atoms with Crippen molar-refractivity contribution in [2.75, 3.05) is 13.2 Å². The average molecular weight is 383 g/mol. The molecule has 0 bridgehead atoms. The van der Waals surface area contributed by atoms with Gasteiger partial charge in [0.25, 0.3) is 0 Å². The predicted octanol–water partition coefficient (Wildman–Crippen LogP) is 5.18. The molecule has 4 rings (SSSR count). The topological polar surface area (TPSA) is 34.6 Å². The first-order valence-corrected chi connectivity index (χ1v) is 10.2. The van der Waals surface area contributed by atoms with Crippen LogP contribution in [0.15, 0.2) is 48.7 Å². The van der Waals surface area contributed by atoms with Crippen molar-refractivity contribution in [3.63, 3.8) is 0 Å². The van der Waals surface area contributed by atoms with E-state index >= 15 is 0 Å². The van der Waals surface area contributed by atoms with Crippen LogP contribution in [-0.4, -0.2) is 34.7 Å². The molecule has 1 fully saturated rings. The van der Waals surface area contributed by atoms with Crippen LogP contribution in [-0.2, 0) is 4.74 Å². The zero-order valence-electron chi connectivity index (χ0n) is 16.3. The predicted molar refractivity (Wildman–Crippen MR) is 110 cm³/mol. The fraction of sp³-hybridized carbons (Fsp3) is 0.409. The standard InChI is InChI=1S/C22H26N2O2S/c1-15-12-18-19(27-15)10-11-23-20(18)25-14-17-13-24(22(2,3)4)21(26-17)16-8-6-5-7-9-16/h5-12,17,21H,13-14H2,1-4H3/t17?,21-/m0/s1. The molecule has 142 valence electrons. The Bertz CT molecular complexity index is 917. The van der Waals surface area contributed by atoms with Crippen LogP contribution >= 0.6 is 11.3 Å². The molecule has 27 heavy (non-hydrogen) atoms. The van der Waals surface area contributed by atoms with Crippen LogP contribution in [0.25, 0.3) is 10.1 Å². The number of hydrogen-bond donors (Lipinski definition) is 0. The summed E-state index contributed by atoms with van der Waals surface area (Å²) in [7, 11) is 0. The molecule has 1 saturated heterocycles. The normalized spacial score (nSPS) is 21.0. The van der Waals surface area contributed by atoms with Crippen LogP contribution in [0, 0.1) is 6.92 Å². The van der Waals surface area contributed by atoms with Crippen molar-refractivity contribution in [3.8, 4) is 5.88 Å². The quantitative estimate of drug-likeness (QED) is 0.623. The second-order valence-electron chi connectivity index (χ2n) is 8.04. The van der Waals surface area contributed by atoms with E-state index in [0.29, 0.717) is 12.5 Å². The van der Waals surface area contributed by atoms with E-state index in [1.807, 2.05) is 18.3 Å². The number of aryl methyl sites for hydroxylation is 1. The SMILES string of the molecule is Cc1cc2c(OCC3CN(C(C)(C)C)[C@H](c4ccccc4)O3)nccc2s1. The summed E-state index contributed by atoms with van der Waals surface area (Å²) in [4.78, 5) is 8.11. The van der Waals surface area contributed by atoms with Gasteiger partial charge in [-0.05, 0) is 45.4 Å². The van der Waals surface area contributed by atoms with Gasteiger partial charge in [0.2, 0.25) is 5.88 Å². The Kier molecular flexibility index (Phi) is 4.93. The van der Waals surface area contributed by atoms with E-state index in [2.05, 4.69) is 67.9 Å². The summed E-state index contributed by atoms with van der Waals surface area (Å²) < 4.78 is 13.7. The van der Waals surface area contributed by atoms with Gasteiger partial charge < -0.3 is 9.47 Å². The van der Waals surface area contributed by atoms with E-state index < -0.39 is 0 Å². The van der Waals surface area contributed by atoms with Gasteiger partial charge in [0.1, 0.15) is 18.9 Å². The van der Waals surface area contributed by atoms with Gasteiger partial charge >= 0.3 is 0 Å². The first-order chi connectivity index (χ1) is 12.9. The van der Waals surface area contributed by atoms with E-state index in [-0.39, 0.29) is 17.9 Å². The fourth-order valence-electron chi connectivity index (χ4n) is 3.56. The zero-order chi connectivity index (χ0) is 19.0. The first-order valence-electron chi connectivity index (χ1n) is 9.37. The van der Waals surface area contributed by atoms with Gasteiger partial charge in [0, 0.05) is 27.9 Å². The Morgan fingerprint density at radius 1 is 1.22 bits per heavy atom. The molecule has 1 aromatic carbocycles. The van der Waals surface area contributed by atoms with Crippen molar-refractivity contribution in [1.29, 1.82) is 0 Å². The van der Waals surface area contributed by atoms with E-state index in [1.54, 1.807) is 11.3 Å². The van der Waals surface area contributed by atoms with E-state index in [9.17, 15) is 0 Å². The highest BCUT2D eigenvalue weighted by atomic mass is 32.1. The number of aromatic nitrogens is 1. The maximum absolute atomic E-state index is 6.40. The maximum Gasteiger partial charge on any atom is 0.222 e. The van der Waals surface area contributed by atoms with Crippen molar-refractivity contribution in [2.24, 2.45) is 0 Å². The van der Waals surface area contributed by atoms with Crippen molar-refractivity contribution < 1.29 is 9.47 Å². The Labute approximate surface area is 164 Å². The molecule has 0 aliphatic carbocycles. The minimum absolute atomic E-state index is 0.00576. The maximum atomic E-state index is 6.40.